The molecule has 0 bridgehead atoms. The molecule has 0 aromatic heterocycles. The van der Waals surface area contributed by atoms with E-state index in [9.17, 15) is 4.79 Å². The molecule has 0 aliphatic carbocycles. The lowest BCUT2D eigenvalue weighted by molar-refractivity contribution is -0.119. The number of hydrogen-bond acceptors (Lipinski definition) is 1. The molecule has 1 nitrogen and oxygen atoms in total. The van der Waals surface area contributed by atoms with Gasteiger partial charge in [0.25, 0.3) is 0 Å². The van der Waals surface area contributed by atoms with Crippen molar-refractivity contribution in [3.05, 3.63) is 24.3 Å². The van der Waals surface area contributed by atoms with Crippen molar-refractivity contribution in [1.82, 2.24) is 0 Å². The number of allylic oxidation sites excluding steroid dienone is 4. The first-order valence-corrected chi connectivity index (χ1v) is 16.6. The molecule has 0 aromatic rings. The van der Waals surface area contributed by atoms with E-state index in [4.69, 9.17) is 0 Å². The molecule has 0 unspecified atom stereocenters. The zero-order chi connectivity index (χ0) is 26.2. The first-order chi connectivity index (χ1) is 17.8. The molecule has 212 valence electrons. The van der Waals surface area contributed by atoms with Crippen LogP contribution >= 0.6 is 0 Å². The van der Waals surface area contributed by atoms with E-state index in [1.165, 1.54) is 148 Å². The van der Waals surface area contributed by atoms with Crippen molar-refractivity contribution in [3.8, 4) is 0 Å². The van der Waals surface area contributed by atoms with Crippen LogP contribution in [0.25, 0.3) is 0 Å². The van der Waals surface area contributed by atoms with Crippen LogP contribution in [0, 0.1) is 0 Å². The van der Waals surface area contributed by atoms with E-state index in [1.807, 2.05) is 0 Å². The van der Waals surface area contributed by atoms with Crippen LogP contribution in [0.5, 0.6) is 0 Å². The Labute approximate surface area is 228 Å². The van der Waals surface area contributed by atoms with Gasteiger partial charge in [-0.15, -0.1) is 0 Å². The molecule has 0 spiro atoms. The van der Waals surface area contributed by atoms with E-state index in [1.54, 1.807) is 0 Å². The van der Waals surface area contributed by atoms with Crippen LogP contribution in [-0.2, 0) is 4.79 Å². The van der Waals surface area contributed by atoms with E-state index in [-0.39, 0.29) is 0 Å². The summed E-state index contributed by atoms with van der Waals surface area (Å²) in [6.07, 6.45) is 45.5. The average molecular weight is 503 g/mol. The number of hydrogen-bond donors (Lipinski definition) is 0. The third kappa shape index (κ3) is 31.2. The zero-order valence-corrected chi connectivity index (χ0v) is 25.0. The SMILES string of the molecule is CCCCC/C=C\C/C=C\CCCCCCCC(=O)CCCCCCCCCCCCCCCCC. The van der Waals surface area contributed by atoms with Crippen LogP contribution < -0.4 is 0 Å². The van der Waals surface area contributed by atoms with Gasteiger partial charge in [0.1, 0.15) is 5.78 Å². The Morgan fingerprint density at radius 3 is 1.11 bits per heavy atom. The van der Waals surface area contributed by atoms with Crippen molar-refractivity contribution in [3.63, 3.8) is 0 Å². The second-order valence-corrected chi connectivity index (χ2v) is 11.2. The summed E-state index contributed by atoms with van der Waals surface area (Å²) in [7, 11) is 0. The third-order valence-electron chi connectivity index (χ3n) is 7.47. The minimum atomic E-state index is 0.510. The van der Waals surface area contributed by atoms with Crippen LogP contribution in [0.4, 0.5) is 0 Å². The predicted molar refractivity (Wildman–Crippen MR) is 164 cm³/mol. The van der Waals surface area contributed by atoms with Crippen molar-refractivity contribution in [1.29, 1.82) is 0 Å². The summed E-state index contributed by atoms with van der Waals surface area (Å²) in [5.41, 5.74) is 0. The summed E-state index contributed by atoms with van der Waals surface area (Å²) >= 11 is 0. The highest BCUT2D eigenvalue weighted by atomic mass is 16.1. The van der Waals surface area contributed by atoms with Gasteiger partial charge in [0.15, 0.2) is 0 Å². The van der Waals surface area contributed by atoms with Crippen LogP contribution in [0.2, 0.25) is 0 Å². The second kappa shape index (κ2) is 32.2. The van der Waals surface area contributed by atoms with Crippen molar-refractivity contribution in [2.45, 2.75) is 194 Å². The van der Waals surface area contributed by atoms with Gasteiger partial charge < -0.3 is 0 Å². The Morgan fingerprint density at radius 2 is 0.694 bits per heavy atom. The topological polar surface area (TPSA) is 17.1 Å². The first kappa shape index (κ1) is 35.2. The molecule has 0 aromatic carbocycles. The summed E-state index contributed by atoms with van der Waals surface area (Å²) in [5.74, 6) is 0.510. The molecule has 0 N–H and O–H groups in total. The smallest absolute Gasteiger partial charge is 0.132 e. The Morgan fingerprint density at radius 1 is 0.389 bits per heavy atom. The highest BCUT2D eigenvalue weighted by Crippen LogP contribution is 2.15. The molecular weight excluding hydrogens is 436 g/mol. The Kier molecular flexibility index (Phi) is 31.4. The molecule has 0 aliphatic heterocycles. The van der Waals surface area contributed by atoms with Gasteiger partial charge in [-0.2, -0.15) is 0 Å². The molecule has 0 rings (SSSR count). The lowest BCUT2D eigenvalue weighted by Gasteiger charge is -2.04. The van der Waals surface area contributed by atoms with E-state index in [2.05, 4.69) is 38.2 Å². The standard InChI is InChI=1S/C35H66O/c1-3-5-7-9-11-13-15-17-19-21-23-25-27-29-31-33-35(36)34-32-30-28-26-24-22-20-18-16-14-12-10-8-6-4-2/h11,13,17,19H,3-10,12,14-16,18,20-34H2,1-2H3/b13-11-,19-17-. The molecule has 1 heteroatoms. The number of carbonyl (C=O) groups excluding carboxylic acids is 1. The summed E-state index contributed by atoms with van der Waals surface area (Å²) < 4.78 is 0. The van der Waals surface area contributed by atoms with Crippen LogP contribution in [-0.4, -0.2) is 5.78 Å². The molecule has 0 saturated carbocycles. The van der Waals surface area contributed by atoms with Gasteiger partial charge in [-0.05, 0) is 44.9 Å². The van der Waals surface area contributed by atoms with Gasteiger partial charge in [0.2, 0.25) is 0 Å². The highest BCUT2D eigenvalue weighted by Gasteiger charge is 2.02. The van der Waals surface area contributed by atoms with Crippen LogP contribution in [0.1, 0.15) is 194 Å². The van der Waals surface area contributed by atoms with Gasteiger partial charge in [0, 0.05) is 12.8 Å². The minimum absolute atomic E-state index is 0.510. The fourth-order valence-corrected chi connectivity index (χ4v) is 4.95. The van der Waals surface area contributed by atoms with Crippen LogP contribution in [0.15, 0.2) is 24.3 Å². The quantitative estimate of drug-likeness (QED) is 0.0704. The van der Waals surface area contributed by atoms with E-state index in [0.29, 0.717) is 5.78 Å². The minimum Gasteiger partial charge on any atom is -0.300 e. The van der Waals surface area contributed by atoms with E-state index in [0.717, 1.165) is 32.1 Å². The van der Waals surface area contributed by atoms with E-state index >= 15 is 0 Å². The maximum atomic E-state index is 12.1. The van der Waals surface area contributed by atoms with Gasteiger partial charge in [-0.25, -0.2) is 0 Å². The van der Waals surface area contributed by atoms with Crippen LogP contribution in [0.3, 0.4) is 0 Å². The predicted octanol–water partition coefficient (Wildman–Crippen LogP) is 12.6. The van der Waals surface area contributed by atoms with Crippen molar-refractivity contribution in [2.75, 3.05) is 0 Å². The largest absolute Gasteiger partial charge is 0.300 e. The first-order valence-electron chi connectivity index (χ1n) is 16.6. The Bertz CT molecular complexity index is 475. The fourth-order valence-electron chi connectivity index (χ4n) is 4.95. The van der Waals surface area contributed by atoms with Gasteiger partial charge in [0.05, 0.1) is 0 Å². The highest BCUT2D eigenvalue weighted by molar-refractivity contribution is 5.78. The van der Waals surface area contributed by atoms with Crippen molar-refractivity contribution in [2.24, 2.45) is 0 Å². The third-order valence-corrected chi connectivity index (χ3v) is 7.47. The average Bonchev–Trinajstić information content (AvgIpc) is 2.88. The molecule has 0 heterocycles. The van der Waals surface area contributed by atoms with Gasteiger partial charge in [-0.1, -0.05) is 160 Å². The van der Waals surface area contributed by atoms with Crippen molar-refractivity contribution >= 4 is 5.78 Å². The molecule has 0 radical (unpaired) electrons. The zero-order valence-electron chi connectivity index (χ0n) is 25.0. The number of unbranched alkanes of at least 4 members (excludes halogenated alkanes) is 22. The Hall–Kier alpha value is -0.850. The molecule has 36 heavy (non-hydrogen) atoms. The fraction of sp³-hybridized carbons (Fsp3) is 0.857. The summed E-state index contributed by atoms with van der Waals surface area (Å²) in [5, 5.41) is 0. The number of rotatable bonds is 30. The second-order valence-electron chi connectivity index (χ2n) is 11.2. The molecule has 0 fully saturated rings. The van der Waals surface area contributed by atoms with E-state index < -0.39 is 0 Å². The summed E-state index contributed by atoms with van der Waals surface area (Å²) in [6, 6.07) is 0. The molecule has 0 atom stereocenters. The maximum Gasteiger partial charge on any atom is 0.132 e. The monoisotopic (exact) mass is 503 g/mol. The molecule has 0 saturated heterocycles. The summed E-state index contributed by atoms with van der Waals surface area (Å²) in [4.78, 5) is 12.1. The number of ketones is 1. The van der Waals surface area contributed by atoms with Crippen molar-refractivity contribution < 1.29 is 4.79 Å². The van der Waals surface area contributed by atoms with Gasteiger partial charge in [-0.3, -0.25) is 4.79 Å². The Balaban J connectivity index is 3.22. The number of carbonyl (C=O) groups is 1. The lowest BCUT2D eigenvalue weighted by Crippen LogP contribution is -1.97. The molecule has 0 aliphatic rings. The van der Waals surface area contributed by atoms with Gasteiger partial charge >= 0.3 is 0 Å². The molecule has 0 amide bonds. The molecular formula is C35H66O. The number of Topliss-reactive ketones (excluding diaryl/α,β-unsaturated/α-hetero) is 1. The summed E-state index contributed by atoms with van der Waals surface area (Å²) in [6.45, 7) is 4.55. The normalized spacial score (nSPS) is 11.8. The maximum absolute atomic E-state index is 12.1. The lowest BCUT2D eigenvalue weighted by atomic mass is 10.0.